The van der Waals surface area contributed by atoms with Gasteiger partial charge in [0, 0.05) is 12.3 Å². The van der Waals surface area contributed by atoms with Crippen molar-refractivity contribution in [3.63, 3.8) is 0 Å². The summed E-state index contributed by atoms with van der Waals surface area (Å²) in [5, 5.41) is 4.56. The van der Waals surface area contributed by atoms with Crippen LogP contribution in [-0.2, 0) is 29.2 Å². The summed E-state index contributed by atoms with van der Waals surface area (Å²) < 4.78 is 26.1. The number of halogens is 1. The highest BCUT2D eigenvalue weighted by Gasteiger charge is 2.13. The van der Waals surface area contributed by atoms with Gasteiger partial charge in [-0.05, 0) is 41.9 Å². The highest BCUT2D eigenvalue weighted by molar-refractivity contribution is 14.1. The summed E-state index contributed by atoms with van der Waals surface area (Å²) in [4.78, 5) is 0. The highest BCUT2D eigenvalue weighted by atomic mass is 127. The van der Waals surface area contributed by atoms with Crippen LogP contribution in [0.4, 0.5) is 0 Å². The van der Waals surface area contributed by atoms with Crippen molar-refractivity contribution in [3.8, 4) is 0 Å². The quantitative estimate of drug-likeness (QED) is 0.679. The minimum Gasteiger partial charge on any atom is -0.268 e. The second-order valence-electron chi connectivity index (χ2n) is 4.23. The second kappa shape index (κ2) is 6.88. The second-order valence-corrected chi connectivity index (χ2v) is 7.78. The Morgan fingerprint density at radius 2 is 1.89 bits per heavy atom. The van der Waals surface area contributed by atoms with Crippen molar-refractivity contribution in [2.24, 2.45) is 0 Å². The third-order valence-corrected chi connectivity index (χ3v) is 6.03. The van der Waals surface area contributed by atoms with Crippen molar-refractivity contribution in [3.05, 3.63) is 15.0 Å². The first-order chi connectivity index (χ1) is 8.45. The minimum atomic E-state index is -2.86. The maximum absolute atomic E-state index is 11.4. The third-order valence-electron chi connectivity index (χ3n) is 2.99. The van der Waals surface area contributed by atoms with Gasteiger partial charge in [0.05, 0.1) is 20.7 Å². The molecule has 1 rings (SSSR count). The molecule has 0 aliphatic heterocycles. The molecule has 104 valence electrons. The maximum atomic E-state index is 11.4. The number of aryl methyl sites for hydroxylation is 2. The van der Waals surface area contributed by atoms with E-state index < -0.39 is 9.84 Å². The average Bonchev–Trinajstić information content (AvgIpc) is 2.65. The van der Waals surface area contributed by atoms with Crippen LogP contribution >= 0.6 is 22.6 Å². The Morgan fingerprint density at radius 1 is 1.22 bits per heavy atom. The van der Waals surface area contributed by atoms with Crippen LogP contribution < -0.4 is 0 Å². The van der Waals surface area contributed by atoms with Crippen molar-refractivity contribution >= 4 is 32.4 Å². The van der Waals surface area contributed by atoms with Crippen molar-refractivity contribution in [2.75, 3.05) is 11.5 Å². The predicted octanol–water partition coefficient (Wildman–Crippen LogP) is 2.44. The van der Waals surface area contributed by atoms with E-state index in [9.17, 15) is 8.42 Å². The molecule has 0 fully saturated rings. The van der Waals surface area contributed by atoms with Gasteiger partial charge >= 0.3 is 0 Å². The van der Waals surface area contributed by atoms with Gasteiger partial charge in [0.1, 0.15) is 9.84 Å². The number of hydrogen-bond donors (Lipinski definition) is 0. The molecule has 0 atom stereocenters. The average molecular weight is 384 g/mol. The fourth-order valence-electron chi connectivity index (χ4n) is 1.86. The van der Waals surface area contributed by atoms with Crippen molar-refractivity contribution in [1.29, 1.82) is 0 Å². The Bertz CT molecular complexity index is 494. The summed E-state index contributed by atoms with van der Waals surface area (Å²) in [6.45, 7) is 6.59. The molecule has 0 radical (unpaired) electrons. The Labute approximate surface area is 123 Å². The minimum absolute atomic E-state index is 0.227. The van der Waals surface area contributed by atoms with Gasteiger partial charge in [0.15, 0.2) is 0 Å². The number of hydrogen-bond acceptors (Lipinski definition) is 3. The van der Waals surface area contributed by atoms with Gasteiger partial charge < -0.3 is 0 Å². The zero-order valence-electron chi connectivity index (χ0n) is 11.2. The van der Waals surface area contributed by atoms with Gasteiger partial charge in [0.25, 0.3) is 0 Å². The maximum Gasteiger partial charge on any atom is 0.150 e. The SMILES string of the molecule is CCc1nn(CCCS(=O)(=O)CC)c(CC)c1I. The van der Waals surface area contributed by atoms with Gasteiger partial charge in [-0.1, -0.05) is 20.8 Å². The van der Waals surface area contributed by atoms with Crippen LogP contribution in [-0.4, -0.2) is 29.7 Å². The topological polar surface area (TPSA) is 52.0 Å². The van der Waals surface area contributed by atoms with Crippen molar-refractivity contribution in [1.82, 2.24) is 9.78 Å². The van der Waals surface area contributed by atoms with E-state index in [1.165, 1.54) is 9.26 Å². The molecule has 6 heteroatoms. The van der Waals surface area contributed by atoms with E-state index in [4.69, 9.17) is 0 Å². The summed E-state index contributed by atoms with van der Waals surface area (Å²) in [7, 11) is -2.86. The van der Waals surface area contributed by atoms with E-state index in [1.807, 2.05) is 4.68 Å². The molecule has 18 heavy (non-hydrogen) atoms. The lowest BCUT2D eigenvalue weighted by atomic mass is 10.2. The van der Waals surface area contributed by atoms with Gasteiger partial charge in [-0.25, -0.2) is 8.42 Å². The smallest absolute Gasteiger partial charge is 0.150 e. The van der Waals surface area contributed by atoms with Gasteiger partial charge in [-0.15, -0.1) is 0 Å². The molecule has 0 bridgehead atoms. The van der Waals surface area contributed by atoms with E-state index in [0.29, 0.717) is 13.0 Å². The lowest BCUT2D eigenvalue weighted by molar-refractivity contribution is 0.557. The Kier molecular flexibility index (Phi) is 6.10. The molecule has 0 aliphatic rings. The van der Waals surface area contributed by atoms with Gasteiger partial charge in [-0.2, -0.15) is 5.10 Å². The molecule has 0 N–H and O–H groups in total. The van der Waals surface area contributed by atoms with Gasteiger partial charge in [-0.3, -0.25) is 4.68 Å². The molecule has 0 unspecified atom stereocenters. The molecule has 0 spiro atoms. The first-order valence-electron chi connectivity index (χ1n) is 6.39. The van der Waals surface area contributed by atoms with Crippen molar-refractivity contribution in [2.45, 2.75) is 46.6 Å². The number of rotatable bonds is 7. The zero-order chi connectivity index (χ0) is 13.8. The molecule has 4 nitrogen and oxygen atoms in total. The van der Waals surface area contributed by atoms with Crippen LogP contribution in [0.3, 0.4) is 0 Å². The Hall–Kier alpha value is -0.110. The van der Waals surface area contributed by atoms with Crippen LogP contribution in [0.15, 0.2) is 0 Å². The molecule has 0 aromatic carbocycles. The number of sulfone groups is 1. The molecule has 0 amide bonds. The third kappa shape index (κ3) is 3.94. The molecule has 1 heterocycles. The Balaban J connectivity index is 2.73. The molecule has 0 saturated heterocycles. The first-order valence-corrected chi connectivity index (χ1v) is 9.29. The lowest BCUT2D eigenvalue weighted by Gasteiger charge is -2.06. The van der Waals surface area contributed by atoms with Crippen LogP contribution in [0.2, 0.25) is 0 Å². The van der Waals surface area contributed by atoms with E-state index in [1.54, 1.807) is 6.92 Å². The fraction of sp³-hybridized carbons (Fsp3) is 0.750. The number of nitrogens with zero attached hydrogens (tertiary/aromatic N) is 2. The Morgan fingerprint density at radius 3 is 2.39 bits per heavy atom. The van der Waals surface area contributed by atoms with Gasteiger partial charge in [0.2, 0.25) is 0 Å². The highest BCUT2D eigenvalue weighted by Crippen LogP contribution is 2.18. The number of aromatic nitrogens is 2. The van der Waals surface area contributed by atoms with Crippen LogP contribution in [0.25, 0.3) is 0 Å². The molecule has 1 aromatic rings. The summed E-state index contributed by atoms with van der Waals surface area (Å²) in [6, 6.07) is 0. The summed E-state index contributed by atoms with van der Waals surface area (Å²) in [5.41, 5.74) is 2.34. The summed E-state index contributed by atoms with van der Waals surface area (Å²) >= 11 is 2.34. The summed E-state index contributed by atoms with van der Waals surface area (Å²) in [5.74, 6) is 0.481. The zero-order valence-corrected chi connectivity index (χ0v) is 14.2. The molecular weight excluding hydrogens is 363 g/mol. The molecule has 0 saturated carbocycles. The van der Waals surface area contributed by atoms with Crippen LogP contribution in [0, 0.1) is 3.57 Å². The largest absolute Gasteiger partial charge is 0.268 e. The normalized spacial score (nSPS) is 12.0. The molecule has 0 aliphatic carbocycles. The summed E-state index contributed by atoms with van der Waals surface area (Å²) in [6.07, 6.45) is 2.50. The van der Waals surface area contributed by atoms with Crippen molar-refractivity contribution < 1.29 is 8.42 Å². The van der Waals surface area contributed by atoms with E-state index in [-0.39, 0.29) is 11.5 Å². The monoisotopic (exact) mass is 384 g/mol. The van der Waals surface area contributed by atoms with Crippen LogP contribution in [0.5, 0.6) is 0 Å². The standard InChI is InChI=1S/C12H21IN2O2S/c1-4-10-12(13)11(5-2)15(14-10)8-7-9-18(16,17)6-3/h4-9H2,1-3H3. The molecular formula is C12H21IN2O2S. The first kappa shape index (κ1) is 15.9. The van der Waals surface area contributed by atoms with E-state index in [2.05, 4.69) is 41.5 Å². The fourth-order valence-corrected chi connectivity index (χ4v) is 3.86. The van der Waals surface area contributed by atoms with Crippen LogP contribution in [0.1, 0.15) is 38.6 Å². The lowest BCUT2D eigenvalue weighted by Crippen LogP contribution is -2.13. The van der Waals surface area contributed by atoms with E-state index in [0.717, 1.165) is 18.5 Å². The molecule has 1 aromatic heterocycles. The predicted molar refractivity (Wildman–Crippen MR) is 82.6 cm³/mol. The van der Waals surface area contributed by atoms with E-state index >= 15 is 0 Å².